The van der Waals surface area contributed by atoms with Crippen LogP contribution in [0.3, 0.4) is 0 Å². The summed E-state index contributed by atoms with van der Waals surface area (Å²) in [4.78, 5) is 7.71. The minimum Gasteiger partial charge on any atom is -0.393 e. The zero-order chi connectivity index (χ0) is 17.8. The fourth-order valence-electron chi connectivity index (χ4n) is 4.85. The third-order valence-corrected chi connectivity index (χ3v) is 6.59. The van der Waals surface area contributed by atoms with Gasteiger partial charge in [-0.25, -0.2) is 0 Å². The number of hydrogen-bond acceptors (Lipinski definition) is 4. The Morgan fingerprint density at radius 3 is 2.08 bits per heavy atom. The molecule has 26 heavy (non-hydrogen) atoms. The standard InChI is InChI=1S/C22H35N3O/c26-22-9-13-24(14-10-22)17-19-3-5-21(6-4-19)25-15-7-20(8-16-25)18-23-11-1-2-12-23/h3-6,20,22,26H,1-2,7-18H2. The quantitative estimate of drug-likeness (QED) is 0.877. The Bertz CT molecular complexity index is 539. The highest BCUT2D eigenvalue weighted by Crippen LogP contribution is 2.25. The fourth-order valence-corrected chi connectivity index (χ4v) is 4.85. The Labute approximate surface area is 158 Å². The van der Waals surface area contributed by atoms with Crippen LogP contribution in [0.15, 0.2) is 24.3 Å². The lowest BCUT2D eigenvalue weighted by atomic mass is 9.95. The van der Waals surface area contributed by atoms with E-state index in [4.69, 9.17) is 0 Å². The van der Waals surface area contributed by atoms with Gasteiger partial charge in [-0.15, -0.1) is 0 Å². The maximum atomic E-state index is 9.64. The molecule has 3 saturated heterocycles. The molecule has 1 N–H and O–H groups in total. The second kappa shape index (κ2) is 8.73. The Hall–Kier alpha value is -1.10. The molecule has 3 aliphatic heterocycles. The van der Waals surface area contributed by atoms with Crippen LogP contribution in [0.1, 0.15) is 44.1 Å². The van der Waals surface area contributed by atoms with E-state index in [0.717, 1.165) is 38.4 Å². The molecule has 0 aromatic heterocycles. The van der Waals surface area contributed by atoms with Crippen molar-refractivity contribution in [2.24, 2.45) is 5.92 Å². The summed E-state index contributed by atoms with van der Waals surface area (Å²) in [5, 5.41) is 9.64. The normalized spacial score (nSPS) is 24.4. The van der Waals surface area contributed by atoms with Crippen molar-refractivity contribution in [2.45, 2.75) is 51.2 Å². The largest absolute Gasteiger partial charge is 0.393 e. The molecule has 0 atom stereocenters. The highest BCUT2D eigenvalue weighted by atomic mass is 16.3. The topological polar surface area (TPSA) is 30.0 Å². The molecule has 0 bridgehead atoms. The van der Waals surface area contributed by atoms with Crippen LogP contribution in [-0.2, 0) is 6.54 Å². The van der Waals surface area contributed by atoms with Crippen LogP contribution >= 0.6 is 0 Å². The Morgan fingerprint density at radius 1 is 0.769 bits per heavy atom. The van der Waals surface area contributed by atoms with Crippen LogP contribution in [0.2, 0.25) is 0 Å². The van der Waals surface area contributed by atoms with E-state index < -0.39 is 0 Å². The second-order valence-electron chi connectivity index (χ2n) is 8.61. The van der Waals surface area contributed by atoms with E-state index in [0.29, 0.717) is 0 Å². The van der Waals surface area contributed by atoms with Crippen LogP contribution < -0.4 is 4.90 Å². The van der Waals surface area contributed by atoms with Gasteiger partial charge in [0.15, 0.2) is 0 Å². The number of anilines is 1. The van der Waals surface area contributed by atoms with E-state index in [-0.39, 0.29) is 6.10 Å². The molecule has 1 aromatic rings. The van der Waals surface area contributed by atoms with Crippen molar-refractivity contribution in [1.29, 1.82) is 0 Å². The summed E-state index contributed by atoms with van der Waals surface area (Å²) < 4.78 is 0. The van der Waals surface area contributed by atoms with Crippen LogP contribution in [0.5, 0.6) is 0 Å². The molecule has 144 valence electrons. The SMILES string of the molecule is OC1CCN(Cc2ccc(N3CCC(CN4CCCC4)CC3)cc2)CC1. The van der Waals surface area contributed by atoms with Gasteiger partial charge in [0.2, 0.25) is 0 Å². The number of aliphatic hydroxyl groups is 1. The van der Waals surface area contributed by atoms with Crippen LogP contribution in [0.25, 0.3) is 0 Å². The number of benzene rings is 1. The lowest BCUT2D eigenvalue weighted by molar-refractivity contribution is 0.0792. The maximum absolute atomic E-state index is 9.64. The van der Waals surface area contributed by atoms with Gasteiger partial charge >= 0.3 is 0 Å². The number of rotatable bonds is 5. The van der Waals surface area contributed by atoms with Crippen molar-refractivity contribution in [3.63, 3.8) is 0 Å². The van der Waals surface area contributed by atoms with Crippen molar-refractivity contribution >= 4 is 5.69 Å². The second-order valence-corrected chi connectivity index (χ2v) is 8.61. The van der Waals surface area contributed by atoms with E-state index in [1.54, 1.807) is 0 Å². The van der Waals surface area contributed by atoms with Crippen molar-refractivity contribution in [3.05, 3.63) is 29.8 Å². The first kappa shape index (κ1) is 18.3. The fraction of sp³-hybridized carbons (Fsp3) is 0.727. The summed E-state index contributed by atoms with van der Waals surface area (Å²) in [7, 11) is 0. The third kappa shape index (κ3) is 4.79. The maximum Gasteiger partial charge on any atom is 0.0564 e. The lowest BCUT2D eigenvalue weighted by Gasteiger charge is -2.35. The molecule has 0 amide bonds. The molecule has 4 heteroatoms. The summed E-state index contributed by atoms with van der Waals surface area (Å²) in [6.07, 6.45) is 7.26. The minimum absolute atomic E-state index is 0.0815. The highest BCUT2D eigenvalue weighted by molar-refractivity contribution is 5.48. The van der Waals surface area contributed by atoms with Crippen molar-refractivity contribution in [3.8, 4) is 0 Å². The van der Waals surface area contributed by atoms with Crippen LogP contribution in [0.4, 0.5) is 5.69 Å². The molecule has 4 rings (SSSR count). The van der Waals surface area contributed by atoms with Crippen LogP contribution in [0, 0.1) is 5.92 Å². The molecule has 3 fully saturated rings. The Kier molecular flexibility index (Phi) is 6.13. The predicted molar refractivity (Wildman–Crippen MR) is 108 cm³/mol. The lowest BCUT2D eigenvalue weighted by Crippen LogP contribution is -2.38. The molecular weight excluding hydrogens is 322 g/mol. The zero-order valence-corrected chi connectivity index (χ0v) is 16.2. The summed E-state index contributed by atoms with van der Waals surface area (Å²) in [5.41, 5.74) is 2.79. The molecule has 0 radical (unpaired) electrons. The molecule has 4 nitrogen and oxygen atoms in total. The monoisotopic (exact) mass is 357 g/mol. The van der Waals surface area contributed by atoms with Crippen molar-refractivity contribution < 1.29 is 5.11 Å². The molecule has 3 heterocycles. The summed E-state index contributed by atoms with van der Waals surface area (Å²) >= 11 is 0. The van der Waals surface area contributed by atoms with Gasteiger partial charge in [-0.2, -0.15) is 0 Å². The van der Waals surface area contributed by atoms with Gasteiger partial charge in [0, 0.05) is 45.0 Å². The van der Waals surface area contributed by atoms with E-state index in [9.17, 15) is 5.11 Å². The first-order valence-corrected chi connectivity index (χ1v) is 10.7. The van der Waals surface area contributed by atoms with Gasteiger partial charge in [-0.3, -0.25) is 4.90 Å². The molecule has 0 saturated carbocycles. The smallest absolute Gasteiger partial charge is 0.0564 e. The van der Waals surface area contributed by atoms with E-state index in [2.05, 4.69) is 39.0 Å². The van der Waals surface area contributed by atoms with Gasteiger partial charge in [-0.1, -0.05) is 12.1 Å². The Morgan fingerprint density at radius 2 is 1.42 bits per heavy atom. The van der Waals surface area contributed by atoms with E-state index in [1.807, 2.05) is 0 Å². The van der Waals surface area contributed by atoms with Gasteiger partial charge in [0.05, 0.1) is 6.10 Å². The van der Waals surface area contributed by atoms with Gasteiger partial charge < -0.3 is 14.9 Å². The van der Waals surface area contributed by atoms with E-state index in [1.165, 1.54) is 69.7 Å². The van der Waals surface area contributed by atoms with Gasteiger partial charge in [0.25, 0.3) is 0 Å². The predicted octanol–water partition coefficient (Wildman–Crippen LogP) is 2.96. The molecule has 3 aliphatic rings. The molecular formula is C22H35N3O. The van der Waals surface area contributed by atoms with Crippen LogP contribution in [-0.4, -0.2) is 66.8 Å². The number of piperidine rings is 2. The third-order valence-electron chi connectivity index (χ3n) is 6.59. The number of aliphatic hydroxyl groups excluding tert-OH is 1. The molecule has 0 spiro atoms. The molecule has 0 unspecified atom stereocenters. The molecule has 1 aromatic carbocycles. The Balaban J connectivity index is 1.23. The highest BCUT2D eigenvalue weighted by Gasteiger charge is 2.23. The minimum atomic E-state index is -0.0815. The first-order valence-electron chi connectivity index (χ1n) is 10.7. The number of likely N-dealkylation sites (tertiary alicyclic amines) is 2. The average Bonchev–Trinajstić information content (AvgIpc) is 3.18. The summed E-state index contributed by atoms with van der Waals surface area (Å²) in [6.45, 7) is 9.47. The zero-order valence-electron chi connectivity index (χ0n) is 16.2. The molecule has 0 aliphatic carbocycles. The van der Waals surface area contributed by atoms with Crippen molar-refractivity contribution in [2.75, 3.05) is 50.7 Å². The van der Waals surface area contributed by atoms with Gasteiger partial charge in [0.1, 0.15) is 0 Å². The van der Waals surface area contributed by atoms with Gasteiger partial charge in [-0.05, 0) is 75.2 Å². The van der Waals surface area contributed by atoms with Crippen molar-refractivity contribution in [1.82, 2.24) is 9.80 Å². The van der Waals surface area contributed by atoms with E-state index >= 15 is 0 Å². The summed E-state index contributed by atoms with van der Waals surface area (Å²) in [6, 6.07) is 9.23. The average molecular weight is 358 g/mol. The number of nitrogens with zero attached hydrogens (tertiary/aromatic N) is 3. The number of hydrogen-bond donors (Lipinski definition) is 1. The first-order chi connectivity index (χ1) is 12.8. The summed E-state index contributed by atoms with van der Waals surface area (Å²) in [5.74, 6) is 0.901.